The Morgan fingerprint density at radius 2 is 1.79 bits per heavy atom. The molecule has 0 fully saturated rings. The van der Waals surface area contributed by atoms with Crippen molar-refractivity contribution < 1.29 is 4.74 Å². The van der Waals surface area contributed by atoms with Gasteiger partial charge in [0.2, 0.25) is 0 Å². The van der Waals surface area contributed by atoms with Crippen LogP contribution in [0.5, 0.6) is 5.75 Å². The van der Waals surface area contributed by atoms with Crippen molar-refractivity contribution in [2.45, 2.75) is 32.1 Å². The second kappa shape index (κ2) is 4.85. The fraction of sp³-hybridized carbons (Fsp3) is 0.385. The molecule has 14 heavy (non-hydrogen) atoms. The second-order valence-corrected chi connectivity index (χ2v) is 3.68. The van der Waals surface area contributed by atoms with E-state index in [-0.39, 0.29) is 0 Å². The fourth-order valence-electron chi connectivity index (χ4n) is 1.72. The molecule has 1 aliphatic rings. The van der Waals surface area contributed by atoms with E-state index in [1.165, 1.54) is 25.7 Å². The van der Waals surface area contributed by atoms with Crippen LogP contribution in [0.4, 0.5) is 0 Å². The average Bonchev–Trinajstić information content (AvgIpc) is 2.48. The third-order valence-corrected chi connectivity index (χ3v) is 2.49. The van der Waals surface area contributed by atoms with E-state index >= 15 is 0 Å². The second-order valence-electron chi connectivity index (χ2n) is 3.68. The molecule has 0 N–H and O–H groups in total. The molecule has 0 saturated carbocycles. The number of allylic oxidation sites excluding steroid dienone is 2. The molecule has 0 unspecified atom stereocenters. The van der Waals surface area contributed by atoms with Crippen molar-refractivity contribution in [2.75, 3.05) is 0 Å². The molecule has 0 aliphatic heterocycles. The molecule has 0 spiro atoms. The van der Waals surface area contributed by atoms with Gasteiger partial charge in [0.05, 0.1) is 0 Å². The van der Waals surface area contributed by atoms with Gasteiger partial charge in [-0.15, -0.1) is 0 Å². The molecule has 0 heterocycles. The molecule has 1 nitrogen and oxygen atoms in total. The number of hydrogen-bond donors (Lipinski definition) is 0. The van der Waals surface area contributed by atoms with E-state index in [4.69, 9.17) is 4.74 Å². The largest absolute Gasteiger partial charge is 0.462 e. The number of para-hydroxylation sites is 1. The molecule has 0 saturated heterocycles. The highest BCUT2D eigenvalue weighted by atomic mass is 16.5. The zero-order chi connectivity index (χ0) is 9.64. The summed E-state index contributed by atoms with van der Waals surface area (Å²) in [5, 5.41) is 0. The summed E-state index contributed by atoms with van der Waals surface area (Å²) >= 11 is 0. The Hall–Kier alpha value is -1.24. The minimum Gasteiger partial charge on any atom is -0.462 e. The van der Waals surface area contributed by atoms with Crippen molar-refractivity contribution >= 4 is 0 Å². The molecule has 74 valence electrons. The first-order valence-electron chi connectivity index (χ1n) is 5.37. The molecule has 1 aliphatic carbocycles. The van der Waals surface area contributed by atoms with Crippen molar-refractivity contribution in [3.05, 3.63) is 42.2 Å². The molecule has 0 amide bonds. The number of rotatable bonds is 2. The molecule has 2 rings (SSSR count). The van der Waals surface area contributed by atoms with Gasteiger partial charge < -0.3 is 4.74 Å². The quantitative estimate of drug-likeness (QED) is 0.683. The van der Waals surface area contributed by atoms with Gasteiger partial charge in [-0.05, 0) is 37.5 Å². The summed E-state index contributed by atoms with van der Waals surface area (Å²) < 4.78 is 5.80. The van der Waals surface area contributed by atoms with E-state index in [0.29, 0.717) is 0 Å². The molecule has 0 aromatic heterocycles. The normalized spacial score (nSPS) is 17.0. The van der Waals surface area contributed by atoms with Crippen molar-refractivity contribution in [3.8, 4) is 5.75 Å². The Morgan fingerprint density at radius 1 is 0.929 bits per heavy atom. The molecule has 0 radical (unpaired) electrons. The number of benzene rings is 1. The fourth-order valence-corrected chi connectivity index (χ4v) is 1.72. The first-order chi connectivity index (χ1) is 6.95. The third-order valence-electron chi connectivity index (χ3n) is 2.49. The lowest BCUT2D eigenvalue weighted by molar-refractivity contribution is 0.400. The van der Waals surface area contributed by atoms with Gasteiger partial charge in [0, 0.05) is 6.42 Å². The van der Waals surface area contributed by atoms with Crippen LogP contribution in [0, 0.1) is 0 Å². The molecule has 1 heteroatoms. The van der Waals surface area contributed by atoms with E-state index in [1.54, 1.807) is 0 Å². The molecule has 0 bridgehead atoms. The molecular weight excluding hydrogens is 172 g/mol. The van der Waals surface area contributed by atoms with Gasteiger partial charge >= 0.3 is 0 Å². The van der Waals surface area contributed by atoms with Crippen LogP contribution in [-0.4, -0.2) is 0 Å². The lowest BCUT2D eigenvalue weighted by Gasteiger charge is -2.07. The maximum absolute atomic E-state index is 5.80. The van der Waals surface area contributed by atoms with Crippen LogP contribution in [-0.2, 0) is 0 Å². The van der Waals surface area contributed by atoms with Gasteiger partial charge in [0.1, 0.15) is 11.5 Å². The zero-order valence-corrected chi connectivity index (χ0v) is 8.41. The van der Waals surface area contributed by atoms with Gasteiger partial charge in [0.25, 0.3) is 0 Å². The Labute approximate surface area is 85.4 Å². The first kappa shape index (κ1) is 9.32. The summed E-state index contributed by atoms with van der Waals surface area (Å²) in [5.41, 5.74) is 0. The third kappa shape index (κ3) is 2.63. The highest BCUT2D eigenvalue weighted by Crippen LogP contribution is 2.21. The van der Waals surface area contributed by atoms with Gasteiger partial charge in [0.15, 0.2) is 0 Å². The van der Waals surface area contributed by atoms with Crippen LogP contribution in [0.1, 0.15) is 32.1 Å². The number of hydrogen-bond acceptors (Lipinski definition) is 1. The Kier molecular flexibility index (Phi) is 3.23. The lowest BCUT2D eigenvalue weighted by Crippen LogP contribution is -1.93. The molecule has 1 aromatic carbocycles. The van der Waals surface area contributed by atoms with E-state index in [1.807, 2.05) is 30.3 Å². The monoisotopic (exact) mass is 188 g/mol. The van der Waals surface area contributed by atoms with Crippen molar-refractivity contribution in [1.82, 2.24) is 0 Å². The Bertz CT molecular complexity index is 300. The average molecular weight is 188 g/mol. The van der Waals surface area contributed by atoms with E-state index in [0.717, 1.165) is 17.9 Å². The van der Waals surface area contributed by atoms with Crippen LogP contribution in [0.3, 0.4) is 0 Å². The summed E-state index contributed by atoms with van der Waals surface area (Å²) in [6, 6.07) is 10.0. The zero-order valence-electron chi connectivity index (χ0n) is 8.41. The van der Waals surface area contributed by atoms with Gasteiger partial charge in [-0.1, -0.05) is 24.6 Å². The van der Waals surface area contributed by atoms with Gasteiger partial charge in [-0.25, -0.2) is 0 Å². The van der Waals surface area contributed by atoms with Crippen LogP contribution in [0.2, 0.25) is 0 Å². The maximum Gasteiger partial charge on any atom is 0.126 e. The van der Waals surface area contributed by atoms with Gasteiger partial charge in [-0.2, -0.15) is 0 Å². The molecule has 1 aromatic rings. The summed E-state index contributed by atoms with van der Waals surface area (Å²) in [6.45, 7) is 0. The number of ether oxygens (including phenoxy) is 1. The van der Waals surface area contributed by atoms with Crippen LogP contribution in [0.25, 0.3) is 0 Å². The van der Waals surface area contributed by atoms with Gasteiger partial charge in [-0.3, -0.25) is 0 Å². The highest BCUT2D eigenvalue weighted by Gasteiger charge is 2.04. The maximum atomic E-state index is 5.80. The van der Waals surface area contributed by atoms with Crippen LogP contribution in [0.15, 0.2) is 42.2 Å². The highest BCUT2D eigenvalue weighted by molar-refractivity contribution is 5.23. The molecular formula is C13H16O. The van der Waals surface area contributed by atoms with Crippen molar-refractivity contribution in [3.63, 3.8) is 0 Å². The smallest absolute Gasteiger partial charge is 0.126 e. The standard InChI is InChI=1S/C13H16O/c1-2-5-9-12(8-4-1)14-13-10-6-3-7-11-13/h3,6-8,10-11H,1-2,4-5,9H2. The predicted octanol–water partition coefficient (Wildman–Crippen LogP) is 3.91. The minimum atomic E-state index is 0.959. The minimum absolute atomic E-state index is 0.959. The predicted molar refractivity (Wildman–Crippen MR) is 58.2 cm³/mol. The lowest BCUT2D eigenvalue weighted by atomic mass is 10.2. The first-order valence-corrected chi connectivity index (χ1v) is 5.37. The van der Waals surface area contributed by atoms with Crippen LogP contribution >= 0.6 is 0 Å². The summed E-state index contributed by atoms with van der Waals surface area (Å²) in [5.74, 6) is 2.11. The van der Waals surface area contributed by atoms with E-state index in [2.05, 4.69) is 6.08 Å². The Balaban J connectivity index is 1.99. The van der Waals surface area contributed by atoms with Crippen molar-refractivity contribution in [1.29, 1.82) is 0 Å². The van der Waals surface area contributed by atoms with E-state index < -0.39 is 0 Å². The van der Waals surface area contributed by atoms with E-state index in [9.17, 15) is 0 Å². The SMILES string of the molecule is C1=C(Oc2ccccc2)CCCCC1. The Morgan fingerprint density at radius 3 is 2.64 bits per heavy atom. The van der Waals surface area contributed by atoms with Crippen LogP contribution < -0.4 is 4.74 Å². The topological polar surface area (TPSA) is 9.23 Å². The van der Waals surface area contributed by atoms with Crippen molar-refractivity contribution in [2.24, 2.45) is 0 Å². The summed E-state index contributed by atoms with van der Waals surface area (Å²) in [7, 11) is 0. The summed E-state index contributed by atoms with van der Waals surface area (Å²) in [6.07, 6.45) is 8.40. The summed E-state index contributed by atoms with van der Waals surface area (Å²) in [4.78, 5) is 0. The molecule has 0 atom stereocenters.